The molecule has 236 valence electrons. The number of aliphatic hydroxyl groups is 1. The molecule has 43 heavy (non-hydrogen) atoms. The smallest absolute Gasteiger partial charge is 0.490 e. The number of alkyl halides is 5. The van der Waals surface area contributed by atoms with Crippen molar-refractivity contribution in [3.8, 4) is 17.2 Å². The minimum Gasteiger partial charge on any atom is -0.506 e. The zero-order valence-electron chi connectivity index (χ0n) is 22.7. The van der Waals surface area contributed by atoms with Crippen molar-refractivity contribution >= 4 is 21.7 Å². The SMILES string of the molecule is COc1ccccc1CC(NC[C@H](O)c1ccc(O)c(NS(C)(=O)=O)c1)c1ccc(OC(F)F)cc1.O=C(O)C(F)(F)F. The Balaban J connectivity index is 0.000000821. The average Bonchev–Trinajstić information content (AvgIpc) is 2.91. The van der Waals surface area contributed by atoms with Crippen LogP contribution in [0.5, 0.6) is 17.2 Å². The molecule has 0 fully saturated rings. The summed E-state index contributed by atoms with van der Waals surface area (Å²) in [6.07, 6.45) is -4.72. The number of para-hydroxylation sites is 1. The summed E-state index contributed by atoms with van der Waals surface area (Å²) >= 11 is 0. The Morgan fingerprint density at radius 1 is 1.00 bits per heavy atom. The molecule has 0 heterocycles. The van der Waals surface area contributed by atoms with Crippen molar-refractivity contribution in [3.63, 3.8) is 0 Å². The van der Waals surface area contributed by atoms with Crippen LogP contribution in [-0.2, 0) is 21.2 Å². The third kappa shape index (κ3) is 11.9. The Kier molecular flexibility index (Phi) is 12.5. The van der Waals surface area contributed by atoms with Crippen LogP contribution in [0, 0.1) is 0 Å². The maximum Gasteiger partial charge on any atom is 0.490 e. The molecule has 0 aliphatic rings. The fraction of sp³-hybridized carbons (Fsp3) is 0.296. The van der Waals surface area contributed by atoms with Gasteiger partial charge in [0.25, 0.3) is 0 Å². The summed E-state index contributed by atoms with van der Waals surface area (Å²) in [5.41, 5.74) is 1.99. The van der Waals surface area contributed by atoms with Gasteiger partial charge in [0.15, 0.2) is 0 Å². The summed E-state index contributed by atoms with van der Waals surface area (Å²) in [7, 11) is -2.07. The predicted octanol–water partition coefficient (Wildman–Crippen LogP) is 4.61. The summed E-state index contributed by atoms with van der Waals surface area (Å²) in [6.45, 7) is -2.86. The van der Waals surface area contributed by atoms with Crippen molar-refractivity contribution in [2.45, 2.75) is 31.4 Å². The van der Waals surface area contributed by atoms with Gasteiger partial charge >= 0.3 is 18.8 Å². The van der Waals surface area contributed by atoms with Gasteiger partial charge in [0.2, 0.25) is 10.0 Å². The molecule has 3 aromatic rings. The topological polar surface area (TPSA) is 154 Å². The third-order valence-corrected chi connectivity index (χ3v) is 6.22. The second-order valence-corrected chi connectivity index (χ2v) is 10.6. The minimum absolute atomic E-state index is 0.0276. The van der Waals surface area contributed by atoms with Crippen LogP contribution in [0.15, 0.2) is 66.7 Å². The molecule has 2 atom stereocenters. The number of phenolic OH excluding ortho intramolecular Hbond substituents is 1. The van der Waals surface area contributed by atoms with Crippen LogP contribution >= 0.6 is 0 Å². The number of anilines is 1. The van der Waals surface area contributed by atoms with E-state index < -0.39 is 34.9 Å². The van der Waals surface area contributed by atoms with Crippen LogP contribution in [0.1, 0.15) is 28.8 Å². The minimum atomic E-state index is -5.08. The Hall–Kier alpha value is -4.15. The number of halogens is 5. The number of nitrogens with one attached hydrogen (secondary N) is 2. The van der Waals surface area contributed by atoms with E-state index in [-0.39, 0.29) is 29.8 Å². The van der Waals surface area contributed by atoms with Crippen LogP contribution in [0.4, 0.5) is 27.6 Å². The average molecular weight is 637 g/mol. The number of aliphatic carboxylic acids is 1. The van der Waals surface area contributed by atoms with Crippen molar-refractivity contribution in [3.05, 3.63) is 83.4 Å². The Morgan fingerprint density at radius 3 is 2.12 bits per heavy atom. The van der Waals surface area contributed by atoms with E-state index in [1.165, 1.54) is 30.3 Å². The fourth-order valence-corrected chi connectivity index (χ4v) is 4.26. The van der Waals surface area contributed by atoms with Gasteiger partial charge < -0.3 is 30.1 Å². The normalized spacial score (nSPS) is 13.0. The van der Waals surface area contributed by atoms with Gasteiger partial charge in [-0.1, -0.05) is 36.4 Å². The van der Waals surface area contributed by atoms with E-state index in [1.54, 1.807) is 19.2 Å². The summed E-state index contributed by atoms with van der Waals surface area (Å²) in [5, 5.41) is 31.1. The number of carboxylic acid groups (broad SMARTS) is 1. The van der Waals surface area contributed by atoms with Gasteiger partial charge in [-0.25, -0.2) is 13.2 Å². The first-order valence-electron chi connectivity index (χ1n) is 12.2. The number of hydrogen-bond acceptors (Lipinski definition) is 8. The molecular weight excluding hydrogens is 607 g/mol. The quantitative estimate of drug-likeness (QED) is 0.142. The van der Waals surface area contributed by atoms with Gasteiger partial charge in [-0.3, -0.25) is 4.72 Å². The highest BCUT2D eigenvalue weighted by Crippen LogP contribution is 2.30. The predicted molar refractivity (Wildman–Crippen MR) is 146 cm³/mol. The lowest BCUT2D eigenvalue weighted by Gasteiger charge is -2.23. The number of aliphatic hydroxyl groups excluding tert-OH is 1. The lowest BCUT2D eigenvalue weighted by atomic mass is 9.97. The molecule has 3 aromatic carbocycles. The molecule has 3 rings (SSSR count). The van der Waals surface area contributed by atoms with E-state index in [2.05, 4.69) is 14.8 Å². The summed E-state index contributed by atoms with van der Waals surface area (Å²) < 4.78 is 92.0. The first kappa shape index (κ1) is 35.0. The van der Waals surface area contributed by atoms with Crippen LogP contribution < -0.4 is 19.5 Å². The van der Waals surface area contributed by atoms with Gasteiger partial charge in [-0.05, 0) is 53.4 Å². The Morgan fingerprint density at radius 2 is 1.58 bits per heavy atom. The number of rotatable bonds is 12. The Bertz CT molecular complexity index is 1450. The molecule has 0 aromatic heterocycles. The van der Waals surface area contributed by atoms with E-state index in [0.29, 0.717) is 17.7 Å². The van der Waals surface area contributed by atoms with Crippen LogP contribution in [0.3, 0.4) is 0 Å². The summed E-state index contributed by atoms with van der Waals surface area (Å²) in [4.78, 5) is 8.90. The second-order valence-electron chi connectivity index (χ2n) is 8.89. The molecule has 0 saturated heterocycles. The van der Waals surface area contributed by atoms with Crippen LogP contribution in [0.25, 0.3) is 0 Å². The number of benzene rings is 3. The van der Waals surface area contributed by atoms with E-state index in [1.807, 2.05) is 24.3 Å². The largest absolute Gasteiger partial charge is 0.506 e. The second kappa shape index (κ2) is 15.4. The number of carboxylic acids is 1. The highest BCUT2D eigenvalue weighted by Gasteiger charge is 2.38. The Labute approximate surface area is 243 Å². The number of ether oxygens (including phenoxy) is 2. The standard InChI is InChI=1S/C25H28F2N2O6S.C2HF3O2/c1-34-24-6-4-3-5-18(24)14-20(16-7-10-19(11-8-16)35-25(26)27)28-15-23(31)17-9-12-22(30)21(13-17)29-36(2,32)33;3-2(4,5)1(6)7/h3-13,20,23,25,28-31H,14-15H2,1-2H3;(H,6,7)/t20?,23-;/m0./s1. The lowest BCUT2D eigenvalue weighted by Crippen LogP contribution is -2.28. The molecule has 0 spiro atoms. The monoisotopic (exact) mass is 636 g/mol. The zero-order chi connectivity index (χ0) is 32.4. The molecule has 0 bridgehead atoms. The first-order chi connectivity index (χ1) is 20.0. The molecule has 1 unspecified atom stereocenters. The van der Waals surface area contributed by atoms with Crippen molar-refractivity contribution < 1.29 is 60.0 Å². The molecule has 0 aliphatic heterocycles. The van der Waals surface area contributed by atoms with Crippen molar-refractivity contribution in [1.29, 1.82) is 0 Å². The molecule has 0 aliphatic carbocycles. The molecule has 10 nitrogen and oxygen atoms in total. The molecule has 5 N–H and O–H groups in total. The molecule has 0 radical (unpaired) electrons. The van der Waals surface area contributed by atoms with E-state index in [0.717, 1.165) is 17.4 Å². The number of aromatic hydroxyl groups is 1. The molecule has 0 saturated carbocycles. The van der Waals surface area contributed by atoms with Crippen molar-refractivity contribution in [2.75, 3.05) is 24.6 Å². The van der Waals surface area contributed by atoms with E-state index in [4.69, 9.17) is 14.6 Å². The van der Waals surface area contributed by atoms with E-state index >= 15 is 0 Å². The molecular formula is C27H29F5N2O8S. The zero-order valence-corrected chi connectivity index (χ0v) is 23.5. The molecule has 0 amide bonds. The highest BCUT2D eigenvalue weighted by atomic mass is 32.2. The van der Waals surface area contributed by atoms with Gasteiger partial charge in [-0.15, -0.1) is 0 Å². The van der Waals surface area contributed by atoms with Crippen molar-refractivity contribution in [2.24, 2.45) is 0 Å². The number of methoxy groups -OCH3 is 1. The number of hydrogen-bond donors (Lipinski definition) is 5. The van der Waals surface area contributed by atoms with Gasteiger partial charge in [-0.2, -0.15) is 22.0 Å². The molecule has 16 heteroatoms. The highest BCUT2D eigenvalue weighted by molar-refractivity contribution is 7.92. The first-order valence-corrected chi connectivity index (χ1v) is 14.1. The number of sulfonamides is 1. The third-order valence-electron chi connectivity index (χ3n) is 5.63. The maximum atomic E-state index is 12.5. The number of phenols is 1. The van der Waals surface area contributed by atoms with E-state index in [9.17, 15) is 40.6 Å². The fourth-order valence-electron chi connectivity index (χ4n) is 3.70. The van der Waals surface area contributed by atoms with Gasteiger partial charge in [0.1, 0.15) is 17.2 Å². The van der Waals surface area contributed by atoms with Crippen LogP contribution in [-0.4, -0.2) is 62.4 Å². The lowest BCUT2D eigenvalue weighted by molar-refractivity contribution is -0.192. The summed E-state index contributed by atoms with van der Waals surface area (Å²) in [6, 6.07) is 17.4. The van der Waals surface area contributed by atoms with Gasteiger partial charge in [0, 0.05) is 12.6 Å². The summed E-state index contributed by atoms with van der Waals surface area (Å²) in [5.74, 6) is -2.32. The maximum absolute atomic E-state index is 12.5. The van der Waals surface area contributed by atoms with Crippen molar-refractivity contribution in [1.82, 2.24) is 5.32 Å². The van der Waals surface area contributed by atoms with Gasteiger partial charge in [0.05, 0.1) is 25.2 Å². The number of carbonyl (C=O) groups is 1. The van der Waals surface area contributed by atoms with Crippen LogP contribution in [0.2, 0.25) is 0 Å².